The first-order chi connectivity index (χ1) is 6.99. The summed E-state index contributed by atoms with van der Waals surface area (Å²) in [6.07, 6.45) is -0.439. The minimum absolute atomic E-state index is 0.0776. The molecule has 0 fully saturated rings. The number of aliphatic hydroxyl groups is 1. The fourth-order valence-electron chi connectivity index (χ4n) is 1.49. The highest BCUT2D eigenvalue weighted by molar-refractivity contribution is 5.32. The van der Waals surface area contributed by atoms with Gasteiger partial charge in [0.25, 0.3) is 0 Å². The predicted octanol–water partition coefficient (Wildman–Crippen LogP) is 1.34. The molecular formula is C11H16FNO2. The summed E-state index contributed by atoms with van der Waals surface area (Å²) in [5.74, 6) is -0.290. The van der Waals surface area contributed by atoms with Gasteiger partial charge in [0, 0.05) is 18.7 Å². The lowest BCUT2D eigenvalue weighted by atomic mass is 10.2. The lowest BCUT2D eigenvalue weighted by Gasteiger charge is -2.18. The summed E-state index contributed by atoms with van der Waals surface area (Å²) >= 11 is 0. The van der Waals surface area contributed by atoms with Gasteiger partial charge in [-0.3, -0.25) is 4.90 Å². The second-order valence-electron chi connectivity index (χ2n) is 3.82. The van der Waals surface area contributed by atoms with Gasteiger partial charge in [-0.1, -0.05) is 0 Å². The van der Waals surface area contributed by atoms with E-state index in [1.54, 1.807) is 14.0 Å². The Bertz CT molecular complexity index is 328. The number of rotatable bonds is 4. The van der Waals surface area contributed by atoms with Gasteiger partial charge in [0.15, 0.2) is 0 Å². The topological polar surface area (TPSA) is 43.7 Å². The Balaban J connectivity index is 2.67. The molecule has 84 valence electrons. The lowest BCUT2D eigenvalue weighted by Crippen LogP contribution is -2.26. The second-order valence-corrected chi connectivity index (χ2v) is 3.82. The van der Waals surface area contributed by atoms with E-state index < -0.39 is 6.10 Å². The molecule has 0 aliphatic carbocycles. The molecule has 0 heterocycles. The summed E-state index contributed by atoms with van der Waals surface area (Å²) in [5, 5.41) is 18.6. The van der Waals surface area contributed by atoms with Crippen molar-refractivity contribution in [1.29, 1.82) is 0 Å². The van der Waals surface area contributed by atoms with Crippen molar-refractivity contribution >= 4 is 0 Å². The quantitative estimate of drug-likeness (QED) is 0.793. The highest BCUT2D eigenvalue weighted by Crippen LogP contribution is 2.19. The van der Waals surface area contributed by atoms with Crippen molar-refractivity contribution < 1.29 is 14.6 Å². The molecule has 1 rings (SSSR count). The Labute approximate surface area is 88.8 Å². The van der Waals surface area contributed by atoms with E-state index >= 15 is 0 Å². The number of hydrogen-bond donors (Lipinski definition) is 2. The van der Waals surface area contributed by atoms with Gasteiger partial charge in [0.1, 0.15) is 11.6 Å². The lowest BCUT2D eigenvalue weighted by molar-refractivity contribution is 0.138. The molecule has 15 heavy (non-hydrogen) atoms. The van der Waals surface area contributed by atoms with Gasteiger partial charge in [-0.15, -0.1) is 0 Å². The first kappa shape index (κ1) is 11.9. The Hall–Kier alpha value is -1.13. The van der Waals surface area contributed by atoms with Crippen molar-refractivity contribution in [1.82, 2.24) is 4.90 Å². The van der Waals surface area contributed by atoms with Crippen molar-refractivity contribution in [3.05, 3.63) is 29.6 Å². The average molecular weight is 213 g/mol. The molecule has 0 unspecified atom stereocenters. The van der Waals surface area contributed by atoms with E-state index in [4.69, 9.17) is 5.11 Å². The first-order valence-corrected chi connectivity index (χ1v) is 4.83. The van der Waals surface area contributed by atoms with E-state index in [2.05, 4.69) is 0 Å². The third kappa shape index (κ3) is 3.85. The molecular weight excluding hydrogens is 197 g/mol. The van der Waals surface area contributed by atoms with Crippen molar-refractivity contribution in [2.24, 2.45) is 0 Å². The largest absolute Gasteiger partial charge is 0.508 e. The molecule has 2 N–H and O–H groups in total. The minimum Gasteiger partial charge on any atom is -0.508 e. The van der Waals surface area contributed by atoms with E-state index in [1.807, 2.05) is 4.90 Å². The summed E-state index contributed by atoms with van der Waals surface area (Å²) in [5.41, 5.74) is 0.526. The molecule has 0 saturated carbocycles. The maximum Gasteiger partial charge on any atom is 0.123 e. The third-order valence-corrected chi connectivity index (χ3v) is 2.06. The van der Waals surface area contributed by atoms with Gasteiger partial charge >= 0.3 is 0 Å². The maximum absolute atomic E-state index is 12.9. The molecule has 0 saturated heterocycles. The summed E-state index contributed by atoms with van der Waals surface area (Å²) in [4.78, 5) is 1.82. The van der Waals surface area contributed by atoms with E-state index in [-0.39, 0.29) is 11.6 Å². The summed E-state index contributed by atoms with van der Waals surface area (Å²) in [7, 11) is 1.80. The van der Waals surface area contributed by atoms with Crippen LogP contribution in [-0.2, 0) is 6.54 Å². The van der Waals surface area contributed by atoms with E-state index in [1.165, 1.54) is 18.2 Å². The van der Waals surface area contributed by atoms with Crippen molar-refractivity contribution in [2.45, 2.75) is 19.6 Å². The maximum atomic E-state index is 12.9. The molecule has 0 aromatic heterocycles. The molecule has 0 amide bonds. The van der Waals surface area contributed by atoms with Crippen LogP contribution in [0.1, 0.15) is 12.5 Å². The zero-order valence-corrected chi connectivity index (χ0v) is 8.94. The zero-order chi connectivity index (χ0) is 11.4. The Morgan fingerprint density at radius 2 is 2.13 bits per heavy atom. The van der Waals surface area contributed by atoms with Crippen LogP contribution in [0.15, 0.2) is 18.2 Å². The van der Waals surface area contributed by atoms with Gasteiger partial charge in [0.2, 0.25) is 0 Å². The van der Waals surface area contributed by atoms with Crippen LogP contribution in [0.3, 0.4) is 0 Å². The van der Waals surface area contributed by atoms with Crippen molar-refractivity contribution in [3.63, 3.8) is 0 Å². The van der Waals surface area contributed by atoms with Gasteiger partial charge in [0.05, 0.1) is 6.10 Å². The summed E-state index contributed by atoms with van der Waals surface area (Å²) in [6.45, 7) is 2.58. The average Bonchev–Trinajstić information content (AvgIpc) is 2.10. The number of phenols is 1. The fourth-order valence-corrected chi connectivity index (χ4v) is 1.49. The molecule has 1 aromatic rings. The predicted molar refractivity (Wildman–Crippen MR) is 56.1 cm³/mol. The standard InChI is InChI=1S/C11H16FNO2/c1-8(14)6-13(2)7-9-5-10(12)3-4-11(9)15/h3-5,8,14-15H,6-7H2,1-2H3/t8-/m1/s1. The number of aliphatic hydroxyl groups excluding tert-OH is 1. The van der Waals surface area contributed by atoms with Gasteiger partial charge < -0.3 is 10.2 Å². The van der Waals surface area contributed by atoms with Crippen LogP contribution < -0.4 is 0 Å². The summed E-state index contributed by atoms with van der Waals surface area (Å²) < 4.78 is 12.9. The van der Waals surface area contributed by atoms with Crippen LogP contribution in [0.5, 0.6) is 5.75 Å². The number of hydrogen-bond acceptors (Lipinski definition) is 3. The monoisotopic (exact) mass is 213 g/mol. The van der Waals surface area contributed by atoms with E-state index in [0.29, 0.717) is 18.7 Å². The molecule has 0 radical (unpaired) electrons. The number of phenolic OH excluding ortho intramolecular Hbond substituents is 1. The van der Waals surface area contributed by atoms with Crippen molar-refractivity contribution in [2.75, 3.05) is 13.6 Å². The molecule has 1 aromatic carbocycles. The van der Waals surface area contributed by atoms with E-state index in [0.717, 1.165) is 0 Å². The smallest absolute Gasteiger partial charge is 0.123 e. The minimum atomic E-state index is -0.439. The van der Waals surface area contributed by atoms with E-state index in [9.17, 15) is 9.50 Å². The number of likely N-dealkylation sites (N-methyl/N-ethyl adjacent to an activating group) is 1. The highest BCUT2D eigenvalue weighted by atomic mass is 19.1. The third-order valence-electron chi connectivity index (χ3n) is 2.06. The molecule has 0 aliphatic rings. The molecule has 3 nitrogen and oxygen atoms in total. The van der Waals surface area contributed by atoms with Crippen LogP contribution in [0.25, 0.3) is 0 Å². The van der Waals surface area contributed by atoms with Gasteiger partial charge in [-0.05, 0) is 32.2 Å². The van der Waals surface area contributed by atoms with Gasteiger partial charge in [-0.2, -0.15) is 0 Å². The van der Waals surface area contributed by atoms with Crippen LogP contribution >= 0.6 is 0 Å². The molecule has 0 aliphatic heterocycles. The zero-order valence-electron chi connectivity index (χ0n) is 8.94. The molecule has 1 atom stereocenters. The Morgan fingerprint density at radius 3 is 2.73 bits per heavy atom. The Morgan fingerprint density at radius 1 is 1.47 bits per heavy atom. The molecule has 0 spiro atoms. The fraction of sp³-hybridized carbons (Fsp3) is 0.455. The van der Waals surface area contributed by atoms with Crippen LogP contribution in [0.4, 0.5) is 4.39 Å². The SMILES string of the molecule is C[C@@H](O)CN(C)Cc1cc(F)ccc1O. The molecule has 4 heteroatoms. The van der Waals surface area contributed by atoms with Crippen LogP contribution in [0, 0.1) is 5.82 Å². The van der Waals surface area contributed by atoms with Gasteiger partial charge in [-0.25, -0.2) is 4.39 Å². The summed E-state index contributed by atoms with van der Waals surface area (Å²) in [6, 6.07) is 3.85. The highest BCUT2D eigenvalue weighted by Gasteiger charge is 2.08. The number of aromatic hydroxyl groups is 1. The normalized spacial score (nSPS) is 13.1. The van der Waals surface area contributed by atoms with Crippen LogP contribution in [0.2, 0.25) is 0 Å². The Kier molecular flexibility index (Phi) is 4.05. The first-order valence-electron chi connectivity index (χ1n) is 4.83. The van der Waals surface area contributed by atoms with Crippen molar-refractivity contribution in [3.8, 4) is 5.75 Å². The number of halogens is 1. The van der Waals surface area contributed by atoms with Crippen LogP contribution in [-0.4, -0.2) is 34.8 Å². The number of nitrogens with zero attached hydrogens (tertiary/aromatic N) is 1. The number of benzene rings is 1. The second kappa shape index (κ2) is 5.09. The molecule has 0 bridgehead atoms.